The van der Waals surface area contributed by atoms with Crippen LogP contribution in [0.3, 0.4) is 0 Å². The maximum Gasteiger partial charge on any atom is 0.129 e. The molecule has 0 aromatic carbocycles. The summed E-state index contributed by atoms with van der Waals surface area (Å²) in [6.07, 6.45) is 13.0. The van der Waals surface area contributed by atoms with Crippen LogP contribution in [0.5, 0.6) is 0 Å². The minimum absolute atomic E-state index is 0.294. The van der Waals surface area contributed by atoms with E-state index in [1.165, 1.54) is 16.7 Å². The van der Waals surface area contributed by atoms with Crippen LogP contribution in [-0.4, -0.2) is 5.78 Å². The van der Waals surface area contributed by atoms with Crippen LogP contribution in [0.4, 0.5) is 0 Å². The van der Waals surface area contributed by atoms with Crippen LogP contribution in [0.2, 0.25) is 0 Å². The quantitative estimate of drug-likeness (QED) is 0.482. The molecule has 0 amide bonds. The fourth-order valence-corrected chi connectivity index (χ4v) is 1.87. The highest BCUT2D eigenvalue weighted by Crippen LogP contribution is 2.11. The van der Waals surface area contributed by atoms with Crippen molar-refractivity contribution in [2.45, 2.75) is 73.1 Å². The predicted molar refractivity (Wildman–Crippen MR) is 85.3 cm³/mol. The van der Waals surface area contributed by atoms with Crippen molar-refractivity contribution in [1.29, 1.82) is 0 Å². The molecule has 0 saturated heterocycles. The van der Waals surface area contributed by atoms with Gasteiger partial charge < -0.3 is 4.79 Å². The Labute approximate surface area is 119 Å². The summed E-state index contributed by atoms with van der Waals surface area (Å²) in [6, 6.07) is 0. The highest BCUT2D eigenvalue weighted by atomic mass is 16.1. The molecule has 0 radical (unpaired) electrons. The van der Waals surface area contributed by atoms with Crippen LogP contribution in [0, 0.1) is 0 Å². The van der Waals surface area contributed by atoms with Crippen molar-refractivity contribution in [3.8, 4) is 0 Å². The third kappa shape index (κ3) is 13.1. The Balaban J connectivity index is 3.90. The van der Waals surface area contributed by atoms with Crippen molar-refractivity contribution in [2.75, 3.05) is 0 Å². The SMILES string of the molecule is CC(=O)CCC/C(C)=C\C/C=C(\C)CCC=C(C)C. The summed E-state index contributed by atoms with van der Waals surface area (Å²) >= 11 is 0. The van der Waals surface area contributed by atoms with E-state index in [-0.39, 0.29) is 0 Å². The van der Waals surface area contributed by atoms with E-state index in [2.05, 4.69) is 45.9 Å². The van der Waals surface area contributed by atoms with Crippen molar-refractivity contribution in [3.63, 3.8) is 0 Å². The van der Waals surface area contributed by atoms with Gasteiger partial charge in [0.15, 0.2) is 0 Å². The van der Waals surface area contributed by atoms with Crippen molar-refractivity contribution in [3.05, 3.63) is 34.9 Å². The van der Waals surface area contributed by atoms with E-state index >= 15 is 0 Å². The second kappa shape index (κ2) is 10.8. The maximum atomic E-state index is 10.8. The fraction of sp³-hybridized carbons (Fsp3) is 0.611. The Morgan fingerprint density at radius 2 is 1.37 bits per heavy atom. The Bertz CT molecular complexity index is 352. The van der Waals surface area contributed by atoms with Gasteiger partial charge in [-0.15, -0.1) is 0 Å². The van der Waals surface area contributed by atoms with Crippen LogP contribution in [0.1, 0.15) is 73.1 Å². The fourth-order valence-electron chi connectivity index (χ4n) is 1.87. The third-order valence-corrected chi connectivity index (χ3v) is 3.12. The van der Waals surface area contributed by atoms with Gasteiger partial charge >= 0.3 is 0 Å². The molecule has 108 valence electrons. The standard InChI is InChI=1S/C18H30O/c1-15(2)9-6-10-16(3)11-7-12-17(4)13-8-14-18(5)19/h9,11-12H,6-8,10,13-14H2,1-5H3/b16-11+,17-12-. The monoisotopic (exact) mass is 262 g/mol. The number of hydrogen-bond acceptors (Lipinski definition) is 1. The number of allylic oxidation sites excluding steroid dienone is 6. The molecule has 0 aromatic rings. The maximum absolute atomic E-state index is 10.8. The molecule has 0 spiro atoms. The minimum Gasteiger partial charge on any atom is -0.300 e. The van der Waals surface area contributed by atoms with Crippen LogP contribution in [0.25, 0.3) is 0 Å². The smallest absolute Gasteiger partial charge is 0.129 e. The average Bonchev–Trinajstić information content (AvgIpc) is 2.27. The molecule has 0 fully saturated rings. The van der Waals surface area contributed by atoms with Gasteiger partial charge in [-0.05, 0) is 66.7 Å². The van der Waals surface area contributed by atoms with Gasteiger partial charge in [0, 0.05) is 6.42 Å². The lowest BCUT2D eigenvalue weighted by molar-refractivity contribution is -0.117. The second-order valence-electron chi connectivity index (χ2n) is 5.71. The van der Waals surface area contributed by atoms with Gasteiger partial charge in [-0.2, -0.15) is 0 Å². The lowest BCUT2D eigenvalue weighted by Crippen LogP contribution is -1.89. The normalized spacial score (nSPS) is 12.5. The average molecular weight is 262 g/mol. The predicted octanol–water partition coefficient (Wildman–Crippen LogP) is 5.77. The highest BCUT2D eigenvalue weighted by molar-refractivity contribution is 5.75. The number of carbonyl (C=O) groups excluding carboxylic acids is 1. The molecule has 0 bridgehead atoms. The first kappa shape index (κ1) is 17.9. The van der Waals surface area contributed by atoms with Gasteiger partial charge in [-0.3, -0.25) is 0 Å². The Morgan fingerprint density at radius 1 is 0.789 bits per heavy atom. The van der Waals surface area contributed by atoms with Gasteiger partial charge in [0.2, 0.25) is 0 Å². The molecule has 0 unspecified atom stereocenters. The van der Waals surface area contributed by atoms with E-state index in [0.29, 0.717) is 12.2 Å². The van der Waals surface area contributed by atoms with Gasteiger partial charge in [0.05, 0.1) is 0 Å². The summed E-state index contributed by atoms with van der Waals surface area (Å²) in [4.78, 5) is 10.8. The van der Waals surface area contributed by atoms with Crippen molar-refractivity contribution in [1.82, 2.24) is 0 Å². The Morgan fingerprint density at radius 3 is 1.89 bits per heavy atom. The zero-order valence-corrected chi connectivity index (χ0v) is 13.4. The molecule has 1 heteroatoms. The van der Waals surface area contributed by atoms with E-state index in [1.54, 1.807) is 6.92 Å². The first-order valence-electron chi connectivity index (χ1n) is 7.36. The van der Waals surface area contributed by atoms with Crippen LogP contribution >= 0.6 is 0 Å². The number of ketones is 1. The molecule has 0 saturated carbocycles. The molecule has 0 rings (SSSR count). The second-order valence-corrected chi connectivity index (χ2v) is 5.71. The van der Waals surface area contributed by atoms with Crippen LogP contribution in [-0.2, 0) is 4.79 Å². The van der Waals surface area contributed by atoms with E-state index < -0.39 is 0 Å². The molecule has 0 aliphatic heterocycles. The Hall–Kier alpha value is -1.11. The molecular formula is C18H30O. The van der Waals surface area contributed by atoms with E-state index in [1.807, 2.05) is 0 Å². The van der Waals surface area contributed by atoms with Crippen molar-refractivity contribution in [2.24, 2.45) is 0 Å². The van der Waals surface area contributed by atoms with Crippen LogP contribution in [0.15, 0.2) is 34.9 Å². The van der Waals surface area contributed by atoms with Crippen LogP contribution < -0.4 is 0 Å². The van der Waals surface area contributed by atoms with Gasteiger partial charge in [-0.1, -0.05) is 34.9 Å². The molecule has 0 N–H and O–H groups in total. The number of hydrogen-bond donors (Lipinski definition) is 0. The Kier molecular flexibility index (Phi) is 10.1. The molecule has 0 heterocycles. The molecular weight excluding hydrogens is 232 g/mol. The van der Waals surface area contributed by atoms with Gasteiger partial charge in [0.25, 0.3) is 0 Å². The molecule has 0 atom stereocenters. The van der Waals surface area contributed by atoms with E-state index in [0.717, 1.165) is 32.1 Å². The highest BCUT2D eigenvalue weighted by Gasteiger charge is 1.94. The number of rotatable bonds is 9. The topological polar surface area (TPSA) is 17.1 Å². The zero-order valence-electron chi connectivity index (χ0n) is 13.4. The number of Topliss-reactive ketones (excluding diaryl/α,β-unsaturated/α-hetero) is 1. The molecule has 0 aromatic heterocycles. The molecule has 1 nitrogen and oxygen atoms in total. The zero-order chi connectivity index (χ0) is 14.7. The summed E-state index contributed by atoms with van der Waals surface area (Å²) in [7, 11) is 0. The van der Waals surface area contributed by atoms with Crippen molar-refractivity contribution < 1.29 is 4.79 Å². The first-order valence-corrected chi connectivity index (χ1v) is 7.36. The molecule has 0 aliphatic rings. The minimum atomic E-state index is 0.294. The van der Waals surface area contributed by atoms with E-state index in [4.69, 9.17) is 0 Å². The van der Waals surface area contributed by atoms with Crippen molar-refractivity contribution >= 4 is 5.78 Å². The molecule has 0 aliphatic carbocycles. The summed E-state index contributed by atoms with van der Waals surface area (Å²) in [5.74, 6) is 0.294. The number of carbonyl (C=O) groups is 1. The summed E-state index contributed by atoms with van der Waals surface area (Å²) in [5, 5.41) is 0. The largest absolute Gasteiger partial charge is 0.300 e. The third-order valence-electron chi connectivity index (χ3n) is 3.12. The summed E-state index contributed by atoms with van der Waals surface area (Å²) in [6.45, 7) is 10.3. The summed E-state index contributed by atoms with van der Waals surface area (Å²) in [5.41, 5.74) is 4.26. The van der Waals surface area contributed by atoms with E-state index in [9.17, 15) is 4.79 Å². The summed E-state index contributed by atoms with van der Waals surface area (Å²) < 4.78 is 0. The van der Waals surface area contributed by atoms with Gasteiger partial charge in [-0.25, -0.2) is 0 Å². The molecule has 19 heavy (non-hydrogen) atoms. The van der Waals surface area contributed by atoms with Gasteiger partial charge in [0.1, 0.15) is 5.78 Å². The first-order chi connectivity index (χ1) is 8.91. The lowest BCUT2D eigenvalue weighted by atomic mass is 10.1. The lowest BCUT2D eigenvalue weighted by Gasteiger charge is -2.00.